The van der Waals surface area contributed by atoms with Gasteiger partial charge in [-0.25, -0.2) is 8.78 Å². The van der Waals surface area contributed by atoms with Crippen LogP contribution in [0.4, 0.5) is 8.78 Å². The number of aliphatic hydroxyl groups is 1. The van der Waals surface area contributed by atoms with Crippen LogP contribution in [0.2, 0.25) is 0 Å². The van der Waals surface area contributed by atoms with Crippen molar-refractivity contribution in [3.05, 3.63) is 17.5 Å². The Labute approximate surface area is 136 Å². The second-order valence-corrected chi connectivity index (χ2v) is 7.44. The molecule has 0 bridgehead atoms. The monoisotopic (exact) mass is 331 g/mol. The smallest absolute Gasteiger partial charge is 0.280 e. The van der Waals surface area contributed by atoms with Crippen molar-refractivity contribution in [2.45, 2.75) is 60.1 Å². The third-order valence-electron chi connectivity index (χ3n) is 3.28. The molecular formula is C16H27F2N3O2. The zero-order valence-electron chi connectivity index (χ0n) is 14.4. The fourth-order valence-corrected chi connectivity index (χ4v) is 2.45. The van der Waals surface area contributed by atoms with Crippen molar-refractivity contribution < 1.29 is 18.7 Å². The Morgan fingerprint density at radius 3 is 2.43 bits per heavy atom. The van der Waals surface area contributed by atoms with Gasteiger partial charge in [0.2, 0.25) is 0 Å². The lowest BCUT2D eigenvalue weighted by Crippen LogP contribution is -2.40. The summed E-state index contributed by atoms with van der Waals surface area (Å²) in [6.45, 7) is 9.79. The van der Waals surface area contributed by atoms with Crippen LogP contribution in [-0.2, 0) is 6.54 Å². The molecule has 0 saturated heterocycles. The van der Waals surface area contributed by atoms with Gasteiger partial charge in [0.05, 0.1) is 24.4 Å². The Morgan fingerprint density at radius 2 is 2.00 bits per heavy atom. The Kier molecular flexibility index (Phi) is 6.68. The largest absolute Gasteiger partial charge is 0.394 e. The van der Waals surface area contributed by atoms with Crippen LogP contribution in [0.25, 0.3) is 0 Å². The molecule has 0 aliphatic rings. The summed E-state index contributed by atoms with van der Waals surface area (Å²) in [4.78, 5) is 12.3. The molecule has 0 fully saturated rings. The number of carbonyl (C=O) groups is 1. The summed E-state index contributed by atoms with van der Waals surface area (Å²) in [5.74, 6) is -0.493. The molecule has 1 amide bonds. The Balaban J connectivity index is 2.97. The van der Waals surface area contributed by atoms with Crippen LogP contribution < -0.4 is 5.32 Å². The van der Waals surface area contributed by atoms with Crippen LogP contribution in [0.3, 0.4) is 0 Å². The molecule has 1 rings (SSSR count). The van der Waals surface area contributed by atoms with Gasteiger partial charge in [0.15, 0.2) is 0 Å². The summed E-state index contributed by atoms with van der Waals surface area (Å²) in [5, 5.41) is 15.9. The number of alkyl halides is 2. The van der Waals surface area contributed by atoms with E-state index in [1.807, 2.05) is 34.6 Å². The topological polar surface area (TPSA) is 67.2 Å². The van der Waals surface area contributed by atoms with Gasteiger partial charge in [0.1, 0.15) is 5.69 Å². The maximum Gasteiger partial charge on any atom is 0.280 e. The van der Waals surface area contributed by atoms with Gasteiger partial charge in [0.25, 0.3) is 12.3 Å². The first-order chi connectivity index (χ1) is 10.5. The van der Waals surface area contributed by atoms with Gasteiger partial charge in [0, 0.05) is 6.54 Å². The van der Waals surface area contributed by atoms with E-state index in [9.17, 15) is 18.7 Å². The lowest BCUT2D eigenvalue weighted by Gasteiger charge is -2.25. The summed E-state index contributed by atoms with van der Waals surface area (Å²) in [6.07, 6.45) is -1.07. The molecule has 0 saturated carbocycles. The lowest BCUT2D eigenvalue weighted by atomic mass is 9.88. The van der Waals surface area contributed by atoms with Gasteiger partial charge in [-0.1, -0.05) is 34.6 Å². The summed E-state index contributed by atoms with van der Waals surface area (Å²) in [7, 11) is 0. The predicted octanol–water partition coefficient (Wildman–Crippen LogP) is 3.00. The molecule has 0 spiro atoms. The highest BCUT2D eigenvalue weighted by Gasteiger charge is 2.27. The summed E-state index contributed by atoms with van der Waals surface area (Å²) < 4.78 is 27.8. The minimum atomic E-state index is -2.79. The van der Waals surface area contributed by atoms with Gasteiger partial charge >= 0.3 is 0 Å². The van der Waals surface area contributed by atoms with Crippen molar-refractivity contribution in [2.75, 3.05) is 6.61 Å². The quantitative estimate of drug-likeness (QED) is 0.807. The van der Waals surface area contributed by atoms with Crippen molar-refractivity contribution in [3.63, 3.8) is 0 Å². The zero-order chi connectivity index (χ0) is 17.8. The summed E-state index contributed by atoms with van der Waals surface area (Å²) in [5.41, 5.74) is -0.606. The summed E-state index contributed by atoms with van der Waals surface area (Å²) in [6, 6.07) is -0.485. The molecule has 1 unspecified atom stereocenters. The van der Waals surface area contributed by atoms with E-state index in [1.54, 1.807) is 0 Å². The lowest BCUT2D eigenvalue weighted by molar-refractivity contribution is 0.0881. The maximum atomic E-state index is 13.3. The van der Waals surface area contributed by atoms with Crippen molar-refractivity contribution in [1.29, 1.82) is 0 Å². The number of hydrogen-bond donors (Lipinski definition) is 2. The molecule has 1 aromatic rings. The van der Waals surface area contributed by atoms with Crippen molar-refractivity contribution in [2.24, 2.45) is 11.3 Å². The third kappa shape index (κ3) is 5.89. The minimum absolute atomic E-state index is 0.103. The van der Waals surface area contributed by atoms with E-state index in [2.05, 4.69) is 10.4 Å². The second-order valence-electron chi connectivity index (χ2n) is 7.44. The van der Waals surface area contributed by atoms with Crippen LogP contribution in [0.1, 0.15) is 63.5 Å². The average molecular weight is 331 g/mol. The molecule has 0 radical (unpaired) electrons. The number of halogens is 2. The van der Waals surface area contributed by atoms with E-state index in [0.29, 0.717) is 13.0 Å². The number of amides is 1. The molecule has 0 aromatic carbocycles. The van der Waals surface area contributed by atoms with Gasteiger partial charge in [-0.15, -0.1) is 0 Å². The highest BCUT2D eigenvalue weighted by Crippen LogP contribution is 2.25. The first kappa shape index (κ1) is 19.5. The normalized spacial score (nSPS) is 13.7. The molecule has 23 heavy (non-hydrogen) atoms. The third-order valence-corrected chi connectivity index (χ3v) is 3.28. The molecule has 0 aliphatic carbocycles. The number of nitrogens with one attached hydrogen (secondary N) is 1. The fourth-order valence-electron chi connectivity index (χ4n) is 2.45. The van der Waals surface area contributed by atoms with Gasteiger partial charge in [-0.3, -0.25) is 9.48 Å². The second kappa shape index (κ2) is 7.86. The van der Waals surface area contributed by atoms with Crippen molar-refractivity contribution >= 4 is 5.91 Å². The standard InChI is InChI=1S/C16H27F2N3O2/c1-10(2)8-21-13(14(17)18)12(7-19-21)15(23)20-11(9-22)6-16(3,4)5/h7,10-11,14,22H,6,8-9H2,1-5H3,(H,20,23). The number of carbonyl (C=O) groups excluding carboxylic acids is 1. The first-order valence-electron chi connectivity index (χ1n) is 7.80. The van der Waals surface area contributed by atoms with Gasteiger partial charge in [-0.05, 0) is 17.8 Å². The van der Waals surface area contributed by atoms with E-state index in [-0.39, 0.29) is 29.2 Å². The molecule has 2 N–H and O–H groups in total. The number of rotatable bonds is 7. The maximum absolute atomic E-state index is 13.3. The van der Waals surface area contributed by atoms with Crippen LogP contribution in [0.15, 0.2) is 6.20 Å². The Morgan fingerprint density at radius 1 is 1.39 bits per heavy atom. The number of aliphatic hydroxyl groups excluding tert-OH is 1. The SMILES string of the molecule is CC(C)Cn1ncc(C(=O)NC(CO)CC(C)(C)C)c1C(F)F. The van der Waals surface area contributed by atoms with E-state index in [1.165, 1.54) is 10.9 Å². The fraction of sp³-hybridized carbons (Fsp3) is 0.750. The van der Waals surface area contributed by atoms with Crippen LogP contribution in [-0.4, -0.2) is 33.4 Å². The molecule has 132 valence electrons. The molecule has 0 aliphatic heterocycles. The average Bonchev–Trinajstić information content (AvgIpc) is 2.79. The van der Waals surface area contributed by atoms with Crippen molar-refractivity contribution in [1.82, 2.24) is 15.1 Å². The number of aromatic nitrogens is 2. The molecule has 1 heterocycles. The van der Waals surface area contributed by atoms with Crippen LogP contribution in [0, 0.1) is 11.3 Å². The van der Waals surface area contributed by atoms with E-state index in [0.717, 1.165) is 0 Å². The Bertz CT molecular complexity index is 522. The molecule has 7 heteroatoms. The molecule has 1 atom stereocenters. The van der Waals surface area contributed by atoms with E-state index < -0.39 is 18.4 Å². The van der Waals surface area contributed by atoms with Crippen LogP contribution in [0.5, 0.6) is 0 Å². The van der Waals surface area contributed by atoms with Gasteiger partial charge in [-0.2, -0.15) is 5.10 Å². The number of nitrogens with zero attached hydrogens (tertiary/aromatic N) is 2. The molecule has 1 aromatic heterocycles. The molecule has 5 nitrogen and oxygen atoms in total. The van der Waals surface area contributed by atoms with E-state index >= 15 is 0 Å². The van der Waals surface area contributed by atoms with Crippen molar-refractivity contribution in [3.8, 4) is 0 Å². The minimum Gasteiger partial charge on any atom is -0.394 e. The zero-order valence-corrected chi connectivity index (χ0v) is 14.4. The van der Waals surface area contributed by atoms with Gasteiger partial charge < -0.3 is 10.4 Å². The van der Waals surface area contributed by atoms with Crippen LogP contribution >= 0.6 is 0 Å². The predicted molar refractivity (Wildman–Crippen MR) is 84.4 cm³/mol. The number of hydrogen-bond acceptors (Lipinski definition) is 3. The highest BCUT2D eigenvalue weighted by molar-refractivity contribution is 5.95. The Hall–Kier alpha value is -1.50. The first-order valence-corrected chi connectivity index (χ1v) is 7.80. The molecular weight excluding hydrogens is 304 g/mol. The highest BCUT2D eigenvalue weighted by atomic mass is 19.3. The van der Waals surface area contributed by atoms with E-state index in [4.69, 9.17) is 0 Å². The summed E-state index contributed by atoms with van der Waals surface area (Å²) >= 11 is 0.